The lowest BCUT2D eigenvalue weighted by molar-refractivity contribution is -0.134. The second kappa shape index (κ2) is 6.67. The Labute approximate surface area is 134 Å². The predicted octanol–water partition coefficient (Wildman–Crippen LogP) is 2.29. The zero-order valence-electron chi connectivity index (χ0n) is 12.4. The van der Waals surface area contributed by atoms with Crippen LogP contribution in [0.5, 0.6) is 0 Å². The highest BCUT2D eigenvalue weighted by molar-refractivity contribution is 6.30. The standard InChI is InChI=1S/C16H20ClN3O2/c17-12-4-5-15-18-13(11-19(15)10-12)9-16(22)20-7-2-1-3-14(20)6-8-21/h4-5,10-11,14,21H,1-3,6-9H2. The first-order valence-corrected chi connectivity index (χ1v) is 8.08. The van der Waals surface area contributed by atoms with Crippen LogP contribution in [0.2, 0.25) is 5.02 Å². The van der Waals surface area contributed by atoms with Crippen molar-refractivity contribution in [3.63, 3.8) is 0 Å². The number of aromatic nitrogens is 2. The van der Waals surface area contributed by atoms with E-state index in [1.807, 2.05) is 21.6 Å². The first-order chi connectivity index (χ1) is 10.7. The van der Waals surface area contributed by atoms with Crippen LogP contribution >= 0.6 is 11.6 Å². The number of nitrogens with zero attached hydrogens (tertiary/aromatic N) is 3. The summed E-state index contributed by atoms with van der Waals surface area (Å²) in [5, 5.41) is 9.80. The molecule has 0 aliphatic carbocycles. The van der Waals surface area contributed by atoms with Crippen LogP contribution in [-0.2, 0) is 11.2 Å². The average molecular weight is 322 g/mol. The highest BCUT2D eigenvalue weighted by Crippen LogP contribution is 2.21. The van der Waals surface area contributed by atoms with Gasteiger partial charge in [0.15, 0.2) is 0 Å². The summed E-state index contributed by atoms with van der Waals surface area (Å²) in [6, 6.07) is 3.79. The summed E-state index contributed by atoms with van der Waals surface area (Å²) in [5.41, 5.74) is 1.54. The highest BCUT2D eigenvalue weighted by Gasteiger charge is 2.26. The molecule has 6 heteroatoms. The number of likely N-dealkylation sites (tertiary alicyclic amines) is 1. The fourth-order valence-corrected chi connectivity index (χ4v) is 3.31. The number of rotatable bonds is 4. The lowest BCUT2D eigenvalue weighted by atomic mass is 9.99. The first kappa shape index (κ1) is 15.3. The maximum Gasteiger partial charge on any atom is 0.228 e. The van der Waals surface area contributed by atoms with Gasteiger partial charge in [0, 0.05) is 31.6 Å². The third-order valence-corrected chi connectivity index (χ3v) is 4.43. The van der Waals surface area contributed by atoms with Gasteiger partial charge in [0.2, 0.25) is 5.91 Å². The highest BCUT2D eigenvalue weighted by atomic mass is 35.5. The molecule has 5 nitrogen and oxygen atoms in total. The monoisotopic (exact) mass is 321 g/mol. The van der Waals surface area contributed by atoms with Crippen molar-refractivity contribution in [2.24, 2.45) is 0 Å². The van der Waals surface area contributed by atoms with Crippen molar-refractivity contribution in [3.05, 3.63) is 35.2 Å². The molecule has 1 fully saturated rings. The van der Waals surface area contributed by atoms with Gasteiger partial charge in [0.1, 0.15) is 5.65 Å². The molecule has 0 aromatic carbocycles. The maximum absolute atomic E-state index is 12.6. The smallest absolute Gasteiger partial charge is 0.228 e. The van der Waals surface area contributed by atoms with Crippen LogP contribution in [-0.4, -0.2) is 44.5 Å². The number of aliphatic hydroxyl groups excluding tert-OH is 1. The van der Waals surface area contributed by atoms with Crippen molar-refractivity contribution in [1.82, 2.24) is 14.3 Å². The molecule has 3 heterocycles. The molecule has 1 amide bonds. The average Bonchev–Trinajstić information content (AvgIpc) is 2.89. The topological polar surface area (TPSA) is 57.8 Å². The molecular weight excluding hydrogens is 302 g/mol. The number of hydrogen-bond acceptors (Lipinski definition) is 3. The molecule has 22 heavy (non-hydrogen) atoms. The number of carbonyl (C=O) groups excluding carboxylic acids is 1. The molecule has 0 radical (unpaired) electrons. The van der Waals surface area contributed by atoms with Gasteiger partial charge in [0.05, 0.1) is 17.1 Å². The fourth-order valence-electron chi connectivity index (χ4n) is 3.14. The molecule has 3 rings (SSSR count). The van der Waals surface area contributed by atoms with Gasteiger partial charge >= 0.3 is 0 Å². The minimum Gasteiger partial charge on any atom is -0.396 e. The van der Waals surface area contributed by atoms with E-state index in [0.29, 0.717) is 17.9 Å². The van der Waals surface area contributed by atoms with Gasteiger partial charge in [-0.25, -0.2) is 4.98 Å². The fraction of sp³-hybridized carbons (Fsp3) is 0.500. The van der Waals surface area contributed by atoms with E-state index in [-0.39, 0.29) is 18.6 Å². The molecule has 1 aliphatic rings. The van der Waals surface area contributed by atoms with E-state index in [1.54, 1.807) is 12.3 Å². The number of fused-ring (bicyclic) bond motifs is 1. The van der Waals surface area contributed by atoms with Crippen molar-refractivity contribution >= 4 is 23.2 Å². The minimum absolute atomic E-state index is 0.0904. The predicted molar refractivity (Wildman–Crippen MR) is 85.0 cm³/mol. The SMILES string of the molecule is O=C(Cc1cn2cc(Cl)ccc2n1)N1CCCCC1CCO. The van der Waals surface area contributed by atoms with Gasteiger partial charge in [0.25, 0.3) is 0 Å². The molecule has 2 aromatic heterocycles. The normalized spacial score (nSPS) is 18.8. The molecule has 1 saturated heterocycles. The van der Waals surface area contributed by atoms with Crippen molar-refractivity contribution < 1.29 is 9.90 Å². The Hall–Kier alpha value is -1.59. The number of hydrogen-bond donors (Lipinski definition) is 1. The van der Waals surface area contributed by atoms with Crippen LogP contribution in [0.15, 0.2) is 24.5 Å². The number of amides is 1. The van der Waals surface area contributed by atoms with E-state index in [0.717, 1.165) is 37.1 Å². The zero-order chi connectivity index (χ0) is 15.5. The van der Waals surface area contributed by atoms with Gasteiger partial charge in [-0.2, -0.15) is 0 Å². The van der Waals surface area contributed by atoms with Crippen LogP contribution in [0.25, 0.3) is 5.65 Å². The first-order valence-electron chi connectivity index (χ1n) is 7.71. The summed E-state index contributed by atoms with van der Waals surface area (Å²) in [6.45, 7) is 0.907. The molecule has 0 bridgehead atoms. The van der Waals surface area contributed by atoms with Gasteiger partial charge in [-0.15, -0.1) is 0 Å². The van der Waals surface area contributed by atoms with Gasteiger partial charge in [-0.3, -0.25) is 4.79 Å². The van der Waals surface area contributed by atoms with Crippen LogP contribution in [0.3, 0.4) is 0 Å². The Morgan fingerprint density at radius 1 is 1.36 bits per heavy atom. The summed E-state index contributed by atoms with van der Waals surface area (Å²) in [7, 11) is 0. The Morgan fingerprint density at radius 3 is 3.05 bits per heavy atom. The Bertz CT molecular complexity index is 668. The summed E-state index contributed by atoms with van der Waals surface area (Å²) >= 11 is 5.96. The number of halogens is 1. The molecule has 1 aliphatic heterocycles. The van der Waals surface area contributed by atoms with E-state index in [9.17, 15) is 4.79 Å². The van der Waals surface area contributed by atoms with Gasteiger partial charge < -0.3 is 14.4 Å². The van der Waals surface area contributed by atoms with Crippen LogP contribution < -0.4 is 0 Å². The third kappa shape index (κ3) is 3.25. The molecule has 0 spiro atoms. The molecule has 1 atom stereocenters. The quantitative estimate of drug-likeness (QED) is 0.940. The molecule has 2 aromatic rings. The van der Waals surface area contributed by atoms with Crippen molar-refractivity contribution in [3.8, 4) is 0 Å². The van der Waals surface area contributed by atoms with Crippen molar-refractivity contribution in [2.45, 2.75) is 38.1 Å². The van der Waals surface area contributed by atoms with E-state index in [4.69, 9.17) is 16.7 Å². The van der Waals surface area contributed by atoms with Gasteiger partial charge in [-0.05, 0) is 37.8 Å². The zero-order valence-corrected chi connectivity index (χ0v) is 13.2. The molecule has 1 N–H and O–H groups in total. The number of imidazole rings is 1. The number of carbonyl (C=O) groups is 1. The second-order valence-corrected chi connectivity index (χ2v) is 6.21. The van der Waals surface area contributed by atoms with Crippen molar-refractivity contribution in [2.75, 3.05) is 13.2 Å². The Morgan fingerprint density at radius 2 is 2.23 bits per heavy atom. The third-order valence-electron chi connectivity index (χ3n) is 4.21. The van der Waals surface area contributed by atoms with Gasteiger partial charge in [-0.1, -0.05) is 11.6 Å². The molecular formula is C16H20ClN3O2. The second-order valence-electron chi connectivity index (χ2n) is 5.77. The van der Waals surface area contributed by atoms with Crippen LogP contribution in [0, 0.1) is 0 Å². The maximum atomic E-state index is 12.6. The largest absolute Gasteiger partial charge is 0.396 e. The summed E-state index contributed by atoms with van der Waals surface area (Å²) in [6.07, 6.45) is 7.73. The number of aliphatic hydroxyl groups is 1. The van der Waals surface area contributed by atoms with Crippen LogP contribution in [0.1, 0.15) is 31.4 Å². The summed E-state index contributed by atoms with van der Waals surface area (Å²) in [4.78, 5) is 18.9. The molecule has 118 valence electrons. The molecule has 1 unspecified atom stereocenters. The molecule has 0 saturated carbocycles. The minimum atomic E-state index is 0.0904. The number of piperidine rings is 1. The number of pyridine rings is 1. The van der Waals surface area contributed by atoms with E-state index in [2.05, 4.69) is 4.98 Å². The van der Waals surface area contributed by atoms with E-state index < -0.39 is 0 Å². The summed E-state index contributed by atoms with van der Waals surface area (Å²) in [5.74, 6) is 0.0904. The Kier molecular flexibility index (Phi) is 4.64. The van der Waals surface area contributed by atoms with E-state index in [1.165, 1.54) is 0 Å². The van der Waals surface area contributed by atoms with Crippen molar-refractivity contribution in [1.29, 1.82) is 0 Å². The lowest BCUT2D eigenvalue weighted by Crippen LogP contribution is -2.44. The Balaban J connectivity index is 1.73. The van der Waals surface area contributed by atoms with E-state index >= 15 is 0 Å². The van der Waals surface area contributed by atoms with Crippen LogP contribution in [0.4, 0.5) is 0 Å². The lowest BCUT2D eigenvalue weighted by Gasteiger charge is -2.35. The summed E-state index contributed by atoms with van der Waals surface area (Å²) < 4.78 is 1.84.